The molecule has 1 aliphatic heterocycles. The fraction of sp³-hybridized carbons (Fsp3) is 0.650. The lowest BCUT2D eigenvalue weighted by molar-refractivity contribution is -0.138. The molecule has 170 valence electrons. The van der Waals surface area contributed by atoms with Crippen LogP contribution >= 0.6 is 0 Å². The molecule has 11 heteroatoms. The number of unbranched alkanes of at least 4 members (excludes halogenated alkanes) is 1. The Kier molecular flexibility index (Phi) is 7.26. The van der Waals surface area contributed by atoms with Crippen LogP contribution < -0.4 is 16.6 Å². The number of nitrogens with one attached hydrogen (secondary N) is 1. The largest absolute Gasteiger partial charge is 0.481 e. The second kappa shape index (κ2) is 9.90. The minimum atomic E-state index is -1.20. The maximum atomic E-state index is 13.0. The van der Waals surface area contributed by atoms with E-state index in [2.05, 4.69) is 10.3 Å². The monoisotopic (exact) mass is 435 g/mol. The van der Waals surface area contributed by atoms with E-state index in [-0.39, 0.29) is 24.1 Å². The van der Waals surface area contributed by atoms with Crippen molar-refractivity contribution in [2.75, 3.05) is 13.1 Å². The number of fused-ring (bicyclic) bond motifs is 1. The molecule has 1 aliphatic rings. The molecule has 0 spiro atoms. The normalized spacial score (nSPS) is 14.9. The number of hydrogen-bond donors (Lipinski definition) is 3. The Morgan fingerprint density at radius 3 is 2.45 bits per heavy atom. The van der Waals surface area contributed by atoms with Crippen molar-refractivity contribution >= 4 is 23.1 Å². The van der Waals surface area contributed by atoms with Crippen LogP contribution in [0.25, 0.3) is 11.2 Å². The summed E-state index contributed by atoms with van der Waals surface area (Å²) in [4.78, 5) is 52.5. The van der Waals surface area contributed by atoms with Gasteiger partial charge < -0.3 is 20.1 Å². The van der Waals surface area contributed by atoms with Crippen molar-refractivity contribution in [3.63, 3.8) is 0 Å². The van der Waals surface area contributed by atoms with Crippen molar-refractivity contribution in [2.45, 2.75) is 58.0 Å². The number of nitrogens with zero attached hydrogens (tertiary/aromatic N) is 4. The summed E-state index contributed by atoms with van der Waals surface area (Å²) in [6.45, 7) is 1.40. The van der Waals surface area contributed by atoms with Gasteiger partial charge in [-0.1, -0.05) is 0 Å². The summed E-state index contributed by atoms with van der Waals surface area (Å²) in [5.41, 5.74) is -1.01. The Labute approximate surface area is 178 Å². The summed E-state index contributed by atoms with van der Waals surface area (Å²) in [6.07, 6.45) is 4.26. The van der Waals surface area contributed by atoms with Crippen LogP contribution in [0.3, 0.4) is 0 Å². The van der Waals surface area contributed by atoms with Gasteiger partial charge in [-0.2, -0.15) is 0 Å². The van der Waals surface area contributed by atoms with Gasteiger partial charge in [0, 0.05) is 26.4 Å². The highest BCUT2D eigenvalue weighted by atomic mass is 16.4. The van der Waals surface area contributed by atoms with Gasteiger partial charge in [-0.25, -0.2) is 9.78 Å². The molecule has 2 aromatic heterocycles. The van der Waals surface area contributed by atoms with Crippen LogP contribution in [0.15, 0.2) is 9.59 Å². The topological polar surface area (TPSA) is 148 Å². The van der Waals surface area contributed by atoms with Crippen LogP contribution in [0.4, 0.5) is 0 Å². The van der Waals surface area contributed by atoms with E-state index < -0.39 is 29.7 Å². The van der Waals surface area contributed by atoms with E-state index in [0.29, 0.717) is 31.0 Å². The third-order valence-corrected chi connectivity index (χ3v) is 5.87. The minimum Gasteiger partial charge on any atom is -0.481 e. The van der Waals surface area contributed by atoms with Crippen LogP contribution in [0, 0.1) is 5.92 Å². The fourth-order valence-electron chi connectivity index (χ4n) is 4.19. The molecule has 3 heterocycles. The van der Waals surface area contributed by atoms with Crippen molar-refractivity contribution in [1.82, 2.24) is 24.0 Å². The summed E-state index contributed by atoms with van der Waals surface area (Å²) in [5, 5.41) is 21.4. The molecule has 0 unspecified atom stereocenters. The summed E-state index contributed by atoms with van der Waals surface area (Å²) in [6, 6.07) is 0. The Balaban J connectivity index is 1.96. The molecule has 11 nitrogen and oxygen atoms in total. The minimum absolute atomic E-state index is 0.0154. The first-order valence-corrected chi connectivity index (χ1v) is 10.6. The van der Waals surface area contributed by atoms with Crippen molar-refractivity contribution in [3.8, 4) is 0 Å². The first-order valence-electron chi connectivity index (χ1n) is 10.6. The number of aromatic nitrogens is 4. The lowest BCUT2D eigenvalue weighted by Crippen LogP contribution is -2.41. The van der Waals surface area contributed by atoms with E-state index in [1.54, 1.807) is 11.6 Å². The van der Waals surface area contributed by atoms with E-state index in [0.717, 1.165) is 41.5 Å². The lowest BCUT2D eigenvalue weighted by Gasteiger charge is -2.22. The Morgan fingerprint density at radius 1 is 1.10 bits per heavy atom. The molecule has 0 atom stereocenters. The maximum Gasteiger partial charge on any atom is 0.333 e. The molecule has 3 rings (SSSR count). The smallest absolute Gasteiger partial charge is 0.333 e. The third-order valence-electron chi connectivity index (χ3n) is 5.87. The van der Waals surface area contributed by atoms with E-state index >= 15 is 0 Å². The van der Waals surface area contributed by atoms with Crippen molar-refractivity contribution in [3.05, 3.63) is 26.7 Å². The van der Waals surface area contributed by atoms with E-state index in [1.165, 1.54) is 0 Å². The van der Waals surface area contributed by atoms with E-state index in [9.17, 15) is 24.3 Å². The van der Waals surface area contributed by atoms with Crippen molar-refractivity contribution in [1.29, 1.82) is 0 Å². The number of hydrogen-bond acceptors (Lipinski definition) is 6. The van der Waals surface area contributed by atoms with Crippen LogP contribution in [-0.4, -0.2) is 53.9 Å². The fourth-order valence-corrected chi connectivity index (χ4v) is 4.19. The van der Waals surface area contributed by atoms with E-state index in [4.69, 9.17) is 5.11 Å². The van der Waals surface area contributed by atoms with Crippen molar-refractivity contribution in [2.24, 2.45) is 13.0 Å². The number of aliphatic carboxylic acids is 2. The van der Waals surface area contributed by atoms with Gasteiger partial charge in [-0.15, -0.1) is 0 Å². The highest BCUT2D eigenvalue weighted by molar-refractivity contribution is 5.74. The quantitative estimate of drug-likeness (QED) is 0.447. The zero-order chi connectivity index (χ0) is 22.5. The summed E-state index contributed by atoms with van der Waals surface area (Å²) < 4.78 is 3.69. The molecule has 0 saturated carbocycles. The second-order valence-electron chi connectivity index (χ2n) is 8.06. The van der Waals surface area contributed by atoms with Crippen LogP contribution in [0.1, 0.15) is 44.3 Å². The Bertz CT molecular complexity index is 1080. The summed E-state index contributed by atoms with van der Waals surface area (Å²) >= 11 is 0. The molecule has 0 bridgehead atoms. The zero-order valence-electron chi connectivity index (χ0n) is 17.7. The molecular weight excluding hydrogens is 406 g/mol. The van der Waals surface area contributed by atoms with Gasteiger partial charge in [0.2, 0.25) is 0 Å². The maximum absolute atomic E-state index is 13.0. The molecular formula is C20H29N5O6. The molecule has 0 aromatic carbocycles. The first-order chi connectivity index (χ1) is 14.8. The lowest BCUT2D eigenvalue weighted by atomic mass is 9.93. The summed E-state index contributed by atoms with van der Waals surface area (Å²) in [7, 11) is 1.70. The SMILES string of the molecule is Cn1c(CCC2CCNCC2)nc2c(=O)n(CCCCC(=O)O)c(=O)n(CC(=O)O)c21. The molecule has 1 saturated heterocycles. The molecule has 0 amide bonds. The van der Waals surface area contributed by atoms with Gasteiger partial charge in [0.1, 0.15) is 12.4 Å². The van der Waals surface area contributed by atoms with Crippen LogP contribution in [0.2, 0.25) is 0 Å². The number of imidazole rings is 1. The van der Waals surface area contributed by atoms with Gasteiger partial charge in [0.25, 0.3) is 5.56 Å². The van der Waals surface area contributed by atoms with Gasteiger partial charge in [-0.3, -0.25) is 23.5 Å². The average molecular weight is 435 g/mol. The number of piperidine rings is 1. The van der Waals surface area contributed by atoms with Crippen LogP contribution in [0.5, 0.6) is 0 Å². The Hall–Kier alpha value is -2.95. The van der Waals surface area contributed by atoms with Crippen LogP contribution in [-0.2, 0) is 36.1 Å². The number of rotatable bonds is 10. The predicted molar refractivity (Wildman–Crippen MR) is 112 cm³/mol. The molecule has 2 aromatic rings. The summed E-state index contributed by atoms with van der Waals surface area (Å²) in [5.74, 6) is -0.938. The molecule has 0 aliphatic carbocycles. The van der Waals surface area contributed by atoms with Gasteiger partial charge in [0.15, 0.2) is 11.2 Å². The molecule has 1 fully saturated rings. The molecule has 3 N–H and O–H groups in total. The molecule has 31 heavy (non-hydrogen) atoms. The third kappa shape index (κ3) is 5.22. The van der Waals surface area contributed by atoms with Gasteiger partial charge >= 0.3 is 17.6 Å². The Morgan fingerprint density at radius 2 is 1.81 bits per heavy atom. The number of carboxylic acids is 2. The molecule has 0 radical (unpaired) electrons. The number of carboxylic acid groups (broad SMARTS) is 2. The van der Waals surface area contributed by atoms with Gasteiger partial charge in [0.05, 0.1) is 0 Å². The second-order valence-corrected chi connectivity index (χ2v) is 8.06. The highest BCUT2D eigenvalue weighted by Crippen LogP contribution is 2.20. The first kappa shape index (κ1) is 22.7. The standard InChI is InChI=1S/C20H29N5O6/c1-23-14(6-5-13-7-9-21-10-8-13)22-17-18(23)25(12-16(28)29)20(31)24(19(17)30)11-3-2-4-15(26)27/h13,21H,2-12H2,1H3,(H,26,27)(H,28,29). The van der Waals surface area contributed by atoms with Crippen molar-refractivity contribution < 1.29 is 19.8 Å². The van der Waals surface area contributed by atoms with E-state index in [1.807, 2.05) is 0 Å². The predicted octanol–water partition coefficient (Wildman–Crippen LogP) is 0.168. The zero-order valence-corrected chi connectivity index (χ0v) is 17.7. The van der Waals surface area contributed by atoms with Gasteiger partial charge in [-0.05, 0) is 51.1 Å². The highest BCUT2D eigenvalue weighted by Gasteiger charge is 2.22. The average Bonchev–Trinajstić information content (AvgIpc) is 3.06. The number of aryl methyl sites for hydroxylation is 2. The number of carbonyl (C=O) groups is 2.